The molecule has 1 aromatic heterocycles. The molecular formula is C16H21F2N5. The monoisotopic (exact) mass is 321 g/mol. The lowest BCUT2D eigenvalue weighted by Gasteiger charge is -2.34. The lowest BCUT2D eigenvalue weighted by molar-refractivity contribution is 0.143. The third kappa shape index (κ3) is 4.11. The highest BCUT2D eigenvalue weighted by Crippen LogP contribution is 2.23. The molecule has 0 N–H and O–H groups in total. The maximum absolute atomic E-state index is 14.2. The zero-order valence-corrected chi connectivity index (χ0v) is 13.2. The van der Waals surface area contributed by atoms with Gasteiger partial charge in [-0.05, 0) is 18.7 Å². The van der Waals surface area contributed by atoms with Crippen molar-refractivity contribution >= 4 is 0 Å². The maximum atomic E-state index is 14.2. The van der Waals surface area contributed by atoms with Gasteiger partial charge >= 0.3 is 0 Å². The third-order valence-electron chi connectivity index (χ3n) is 4.35. The molecule has 124 valence electrons. The molecule has 0 bridgehead atoms. The van der Waals surface area contributed by atoms with E-state index < -0.39 is 11.6 Å². The first-order valence-electron chi connectivity index (χ1n) is 7.80. The largest absolute Gasteiger partial charge is 0.304 e. The number of likely N-dealkylation sites (N-methyl/N-ethyl adjacent to an activating group) is 1. The second-order valence-corrected chi connectivity index (χ2v) is 6.08. The van der Waals surface area contributed by atoms with E-state index in [2.05, 4.69) is 26.9 Å². The number of hydrogen-bond donors (Lipinski definition) is 0. The van der Waals surface area contributed by atoms with Crippen molar-refractivity contribution in [3.8, 4) is 0 Å². The van der Waals surface area contributed by atoms with E-state index in [-0.39, 0.29) is 5.92 Å². The van der Waals surface area contributed by atoms with Crippen LogP contribution in [0.2, 0.25) is 0 Å². The zero-order chi connectivity index (χ0) is 16.2. The number of hydrogen-bond acceptors (Lipinski definition) is 4. The first kappa shape index (κ1) is 16.0. The second kappa shape index (κ2) is 7.14. The molecule has 5 nitrogen and oxygen atoms in total. The van der Waals surface area contributed by atoms with Crippen LogP contribution >= 0.6 is 0 Å². The van der Waals surface area contributed by atoms with Crippen molar-refractivity contribution in [1.29, 1.82) is 0 Å². The molecule has 2 aromatic rings. The van der Waals surface area contributed by atoms with E-state index in [1.165, 1.54) is 12.4 Å². The van der Waals surface area contributed by atoms with Crippen LogP contribution in [0.1, 0.15) is 11.5 Å². The Morgan fingerprint density at radius 1 is 1.13 bits per heavy atom. The van der Waals surface area contributed by atoms with Crippen LogP contribution in [0.4, 0.5) is 8.78 Å². The number of rotatable bonds is 5. The number of piperazine rings is 1. The summed E-state index contributed by atoms with van der Waals surface area (Å²) in [7, 11) is 2.10. The minimum absolute atomic E-state index is 0.0966. The molecule has 0 aliphatic carbocycles. The van der Waals surface area contributed by atoms with E-state index in [9.17, 15) is 8.78 Å². The summed E-state index contributed by atoms with van der Waals surface area (Å²) < 4.78 is 29.1. The van der Waals surface area contributed by atoms with Gasteiger partial charge in [0.1, 0.15) is 24.3 Å². The molecule has 0 radical (unpaired) electrons. The van der Waals surface area contributed by atoms with Crippen LogP contribution in [-0.4, -0.2) is 64.3 Å². The van der Waals surface area contributed by atoms with E-state index in [1.807, 2.05) is 0 Å². The molecule has 1 atom stereocenters. The second-order valence-electron chi connectivity index (χ2n) is 6.08. The minimum atomic E-state index is -0.551. The Labute approximate surface area is 134 Å². The Kier molecular flexibility index (Phi) is 4.97. The van der Waals surface area contributed by atoms with Crippen LogP contribution in [0.5, 0.6) is 0 Å². The number of halogens is 2. The van der Waals surface area contributed by atoms with Crippen molar-refractivity contribution in [3.63, 3.8) is 0 Å². The SMILES string of the molecule is CN1CCN(CC(Cn2cncn2)c2ccc(F)cc2F)CC1. The normalized spacial score (nSPS) is 18.2. The fourth-order valence-electron chi connectivity index (χ4n) is 2.98. The standard InChI is InChI=1S/C16H21F2N5/c1-21-4-6-22(7-5-21)9-13(10-23-12-19-11-20-23)15-3-2-14(17)8-16(15)18/h2-3,8,11-13H,4-7,9-10H2,1H3. The van der Waals surface area contributed by atoms with Gasteiger partial charge in [-0.25, -0.2) is 13.8 Å². The molecular weight excluding hydrogens is 300 g/mol. The summed E-state index contributed by atoms with van der Waals surface area (Å²) in [5.74, 6) is -1.14. The molecule has 1 unspecified atom stereocenters. The van der Waals surface area contributed by atoms with Crippen molar-refractivity contribution in [2.24, 2.45) is 0 Å². The van der Waals surface area contributed by atoms with Crippen LogP contribution in [0.15, 0.2) is 30.9 Å². The first-order chi connectivity index (χ1) is 11.1. The number of benzene rings is 1. The maximum Gasteiger partial charge on any atom is 0.137 e. The summed E-state index contributed by atoms with van der Waals surface area (Å²) in [6, 6.07) is 3.81. The average Bonchev–Trinajstić information content (AvgIpc) is 3.02. The van der Waals surface area contributed by atoms with E-state index in [1.54, 1.807) is 17.1 Å². The Morgan fingerprint density at radius 2 is 1.91 bits per heavy atom. The molecule has 23 heavy (non-hydrogen) atoms. The van der Waals surface area contributed by atoms with E-state index in [0.717, 1.165) is 38.8 Å². The minimum Gasteiger partial charge on any atom is -0.304 e. The van der Waals surface area contributed by atoms with Gasteiger partial charge in [-0.2, -0.15) is 5.10 Å². The average molecular weight is 321 g/mol. The highest BCUT2D eigenvalue weighted by molar-refractivity contribution is 5.23. The molecule has 2 heterocycles. The fraction of sp³-hybridized carbons (Fsp3) is 0.500. The smallest absolute Gasteiger partial charge is 0.137 e. The molecule has 1 saturated heterocycles. The van der Waals surface area contributed by atoms with Crippen LogP contribution in [0.3, 0.4) is 0 Å². The zero-order valence-electron chi connectivity index (χ0n) is 13.2. The first-order valence-corrected chi connectivity index (χ1v) is 7.80. The van der Waals surface area contributed by atoms with Crippen LogP contribution in [-0.2, 0) is 6.54 Å². The molecule has 0 spiro atoms. The molecule has 7 heteroatoms. The van der Waals surface area contributed by atoms with E-state index in [0.29, 0.717) is 12.1 Å². The van der Waals surface area contributed by atoms with Crippen LogP contribution < -0.4 is 0 Å². The van der Waals surface area contributed by atoms with Gasteiger partial charge in [0.15, 0.2) is 0 Å². The summed E-state index contributed by atoms with van der Waals surface area (Å²) in [5.41, 5.74) is 0.529. The van der Waals surface area contributed by atoms with Gasteiger partial charge < -0.3 is 9.80 Å². The Hall–Kier alpha value is -1.86. The van der Waals surface area contributed by atoms with Crippen LogP contribution in [0.25, 0.3) is 0 Å². The molecule has 1 aromatic carbocycles. The molecule has 0 saturated carbocycles. The van der Waals surface area contributed by atoms with Crippen LogP contribution in [0, 0.1) is 11.6 Å². The highest BCUT2D eigenvalue weighted by Gasteiger charge is 2.23. The lowest BCUT2D eigenvalue weighted by atomic mass is 9.97. The van der Waals surface area contributed by atoms with Gasteiger partial charge in [-0.1, -0.05) is 6.07 Å². The van der Waals surface area contributed by atoms with E-state index in [4.69, 9.17) is 0 Å². The van der Waals surface area contributed by atoms with Gasteiger partial charge in [0.05, 0.1) is 6.54 Å². The molecule has 1 aliphatic heterocycles. The van der Waals surface area contributed by atoms with Gasteiger partial charge in [0, 0.05) is 44.7 Å². The quantitative estimate of drug-likeness (QED) is 0.838. The highest BCUT2D eigenvalue weighted by atomic mass is 19.1. The summed E-state index contributed by atoms with van der Waals surface area (Å²) in [4.78, 5) is 8.54. The van der Waals surface area contributed by atoms with Gasteiger partial charge in [-0.3, -0.25) is 4.68 Å². The van der Waals surface area contributed by atoms with Crippen molar-refractivity contribution in [2.75, 3.05) is 39.8 Å². The summed E-state index contributed by atoms with van der Waals surface area (Å²) in [5, 5.41) is 4.12. The molecule has 1 aliphatic rings. The van der Waals surface area contributed by atoms with Gasteiger partial charge in [-0.15, -0.1) is 0 Å². The van der Waals surface area contributed by atoms with Crippen molar-refractivity contribution in [3.05, 3.63) is 48.1 Å². The van der Waals surface area contributed by atoms with Gasteiger partial charge in [0.2, 0.25) is 0 Å². The fourth-order valence-corrected chi connectivity index (χ4v) is 2.98. The topological polar surface area (TPSA) is 37.2 Å². The van der Waals surface area contributed by atoms with Crippen molar-refractivity contribution in [2.45, 2.75) is 12.5 Å². The van der Waals surface area contributed by atoms with Gasteiger partial charge in [0.25, 0.3) is 0 Å². The Balaban J connectivity index is 1.78. The molecule has 1 fully saturated rings. The third-order valence-corrected chi connectivity index (χ3v) is 4.35. The summed E-state index contributed by atoms with van der Waals surface area (Å²) in [6.07, 6.45) is 3.09. The molecule has 0 amide bonds. The molecule has 3 rings (SSSR count). The summed E-state index contributed by atoms with van der Waals surface area (Å²) in [6.45, 7) is 5.15. The lowest BCUT2D eigenvalue weighted by Crippen LogP contribution is -2.46. The van der Waals surface area contributed by atoms with Crippen molar-refractivity contribution in [1.82, 2.24) is 24.6 Å². The van der Waals surface area contributed by atoms with Crippen molar-refractivity contribution < 1.29 is 8.78 Å². The predicted octanol–water partition coefficient (Wildman–Crippen LogP) is 1.59. The predicted molar refractivity (Wildman–Crippen MR) is 83.1 cm³/mol. The number of nitrogens with zero attached hydrogens (tertiary/aromatic N) is 5. The Morgan fingerprint density at radius 3 is 2.57 bits per heavy atom. The van der Waals surface area contributed by atoms with E-state index >= 15 is 0 Å². The summed E-state index contributed by atoms with van der Waals surface area (Å²) >= 11 is 0. The number of aromatic nitrogens is 3. The Bertz CT molecular complexity index is 623.